The van der Waals surface area contributed by atoms with Gasteiger partial charge in [-0.2, -0.15) is 0 Å². The van der Waals surface area contributed by atoms with Gasteiger partial charge in [-0.1, -0.05) is 11.6 Å². The Balaban J connectivity index is 1.97. The van der Waals surface area contributed by atoms with Crippen LogP contribution >= 0.6 is 11.6 Å². The lowest BCUT2D eigenvalue weighted by atomic mass is 10.1. The molecule has 0 saturated carbocycles. The smallest absolute Gasteiger partial charge is 0.255 e. The molecular weight excluding hydrogens is 372 g/mol. The van der Waals surface area contributed by atoms with Gasteiger partial charge in [0.15, 0.2) is 0 Å². The van der Waals surface area contributed by atoms with Gasteiger partial charge in [0.2, 0.25) is 5.91 Å². The van der Waals surface area contributed by atoms with E-state index in [9.17, 15) is 14.7 Å². The third kappa shape index (κ3) is 6.68. The van der Waals surface area contributed by atoms with E-state index >= 15 is 0 Å². The minimum Gasteiger partial charge on any atom is -0.489 e. The first-order valence-corrected chi connectivity index (χ1v) is 9.54. The Hall–Kier alpha value is -1.83. The molecule has 1 fully saturated rings. The van der Waals surface area contributed by atoms with Gasteiger partial charge in [0.25, 0.3) is 5.91 Å². The number of piperidine rings is 1. The molecule has 0 aromatic heterocycles. The quantitative estimate of drug-likeness (QED) is 0.697. The molecule has 8 heteroatoms. The number of aliphatic hydroxyl groups excluding tert-OH is 1. The minimum absolute atomic E-state index is 0.0608. The molecule has 1 aliphatic heterocycles. The van der Waals surface area contributed by atoms with Crippen molar-refractivity contribution in [1.82, 2.24) is 10.2 Å². The van der Waals surface area contributed by atoms with E-state index in [-0.39, 0.29) is 31.1 Å². The summed E-state index contributed by atoms with van der Waals surface area (Å²) >= 11 is 6.04. The number of amides is 2. The van der Waals surface area contributed by atoms with Gasteiger partial charge in [-0.3, -0.25) is 9.59 Å². The maximum atomic E-state index is 12.5. The summed E-state index contributed by atoms with van der Waals surface area (Å²) in [7, 11) is 0. The number of rotatable bonds is 8. The number of nitrogens with one attached hydrogen (secondary N) is 1. The monoisotopic (exact) mass is 398 g/mol. The standard InChI is InChI=1S/C19H27ClN2O5/c1-3-26-12-15(24)11-21-19(25)17-10-14(20)4-5-18(17)27-16-6-8-22(9-7-16)13(2)23/h4-5,10,15-16,24H,3,6-9,11-12H2,1-2H3,(H,21,25)/t15-/m1/s1. The fourth-order valence-corrected chi connectivity index (χ4v) is 3.04. The molecule has 0 aliphatic carbocycles. The summed E-state index contributed by atoms with van der Waals surface area (Å²) < 4.78 is 11.1. The molecule has 27 heavy (non-hydrogen) atoms. The predicted molar refractivity (Wildman–Crippen MR) is 102 cm³/mol. The molecule has 1 atom stereocenters. The van der Waals surface area contributed by atoms with Crippen LogP contribution in [-0.4, -0.2) is 66.9 Å². The van der Waals surface area contributed by atoms with Crippen molar-refractivity contribution in [3.05, 3.63) is 28.8 Å². The van der Waals surface area contributed by atoms with Gasteiger partial charge in [-0.15, -0.1) is 0 Å². The summed E-state index contributed by atoms with van der Waals surface area (Å²) in [5.41, 5.74) is 0.320. The summed E-state index contributed by atoms with van der Waals surface area (Å²) in [5.74, 6) is 0.132. The number of likely N-dealkylation sites (tertiary alicyclic amines) is 1. The fraction of sp³-hybridized carbons (Fsp3) is 0.579. The normalized spacial score (nSPS) is 16.1. The van der Waals surface area contributed by atoms with E-state index in [0.717, 1.165) is 0 Å². The van der Waals surface area contributed by atoms with Crippen molar-refractivity contribution in [1.29, 1.82) is 0 Å². The Labute approximate surface area is 164 Å². The molecule has 0 bridgehead atoms. The van der Waals surface area contributed by atoms with Crippen LogP contribution in [-0.2, 0) is 9.53 Å². The first kappa shape index (κ1) is 21.5. The second-order valence-corrected chi connectivity index (χ2v) is 6.92. The molecule has 150 valence electrons. The fourth-order valence-electron chi connectivity index (χ4n) is 2.87. The number of hydrogen-bond acceptors (Lipinski definition) is 5. The Morgan fingerprint density at radius 1 is 1.37 bits per heavy atom. The van der Waals surface area contributed by atoms with Crippen LogP contribution in [0.25, 0.3) is 0 Å². The van der Waals surface area contributed by atoms with E-state index < -0.39 is 6.10 Å². The van der Waals surface area contributed by atoms with Crippen molar-refractivity contribution in [3.8, 4) is 5.75 Å². The van der Waals surface area contributed by atoms with Crippen molar-refractivity contribution in [2.45, 2.75) is 38.9 Å². The largest absolute Gasteiger partial charge is 0.489 e. The van der Waals surface area contributed by atoms with E-state index in [2.05, 4.69) is 5.32 Å². The van der Waals surface area contributed by atoms with Crippen molar-refractivity contribution in [2.75, 3.05) is 32.8 Å². The molecule has 2 rings (SSSR count). The first-order chi connectivity index (χ1) is 12.9. The molecule has 2 N–H and O–H groups in total. The number of carbonyl (C=O) groups excluding carboxylic acids is 2. The number of ether oxygens (including phenoxy) is 2. The molecule has 1 aromatic rings. The first-order valence-electron chi connectivity index (χ1n) is 9.16. The number of nitrogens with zero attached hydrogens (tertiary/aromatic N) is 1. The number of aliphatic hydroxyl groups is 1. The molecule has 7 nitrogen and oxygen atoms in total. The highest BCUT2D eigenvalue weighted by molar-refractivity contribution is 6.31. The topological polar surface area (TPSA) is 88.1 Å². The Bertz CT molecular complexity index is 647. The molecule has 1 heterocycles. The molecule has 1 aliphatic rings. The van der Waals surface area contributed by atoms with E-state index in [1.807, 2.05) is 6.92 Å². The molecule has 1 aromatic carbocycles. The molecule has 0 spiro atoms. The summed E-state index contributed by atoms with van der Waals surface area (Å²) in [5, 5.41) is 12.9. The van der Waals surface area contributed by atoms with Crippen molar-refractivity contribution < 1.29 is 24.2 Å². The highest BCUT2D eigenvalue weighted by Crippen LogP contribution is 2.26. The van der Waals surface area contributed by atoms with E-state index in [4.69, 9.17) is 21.1 Å². The number of halogens is 1. The molecular formula is C19H27ClN2O5. The van der Waals surface area contributed by atoms with Crippen molar-refractivity contribution in [2.24, 2.45) is 0 Å². The number of carbonyl (C=O) groups is 2. The van der Waals surface area contributed by atoms with Gasteiger partial charge >= 0.3 is 0 Å². The average Bonchev–Trinajstić information content (AvgIpc) is 2.66. The van der Waals surface area contributed by atoms with Crippen LogP contribution in [0.4, 0.5) is 0 Å². The lowest BCUT2D eigenvalue weighted by molar-refractivity contribution is -0.130. The van der Waals surface area contributed by atoms with Crippen LogP contribution in [0.3, 0.4) is 0 Å². The van der Waals surface area contributed by atoms with Crippen molar-refractivity contribution >= 4 is 23.4 Å². The van der Waals surface area contributed by atoms with E-state index in [0.29, 0.717) is 48.9 Å². The Morgan fingerprint density at radius 2 is 2.07 bits per heavy atom. The maximum Gasteiger partial charge on any atom is 0.255 e. The van der Waals surface area contributed by atoms with Crippen LogP contribution in [0.1, 0.15) is 37.0 Å². The van der Waals surface area contributed by atoms with Crippen LogP contribution in [0.15, 0.2) is 18.2 Å². The summed E-state index contributed by atoms with van der Waals surface area (Å²) in [6.45, 7) is 5.40. The molecule has 0 unspecified atom stereocenters. The van der Waals surface area contributed by atoms with Gasteiger partial charge < -0.3 is 24.8 Å². The van der Waals surface area contributed by atoms with Gasteiger partial charge in [0.05, 0.1) is 18.3 Å². The second kappa shape index (κ2) is 10.5. The zero-order valence-electron chi connectivity index (χ0n) is 15.7. The van der Waals surface area contributed by atoms with Crippen LogP contribution in [0.5, 0.6) is 5.75 Å². The highest BCUT2D eigenvalue weighted by Gasteiger charge is 2.24. The lowest BCUT2D eigenvalue weighted by Gasteiger charge is -2.31. The Kier molecular flexibility index (Phi) is 8.34. The van der Waals surface area contributed by atoms with E-state index in [1.165, 1.54) is 0 Å². The van der Waals surface area contributed by atoms with Gasteiger partial charge in [0.1, 0.15) is 11.9 Å². The van der Waals surface area contributed by atoms with Gasteiger partial charge in [0, 0.05) is 51.0 Å². The maximum absolute atomic E-state index is 12.5. The minimum atomic E-state index is -0.784. The molecule has 1 saturated heterocycles. The lowest BCUT2D eigenvalue weighted by Crippen LogP contribution is -2.41. The number of hydrogen-bond donors (Lipinski definition) is 2. The summed E-state index contributed by atoms with van der Waals surface area (Å²) in [6, 6.07) is 4.89. The third-order valence-corrected chi connectivity index (χ3v) is 4.61. The van der Waals surface area contributed by atoms with Crippen LogP contribution in [0.2, 0.25) is 5.02 Å². The van der Waals surface area contributed by atoms with Crippen LogP contribution in [0, 0.1) is 0 Å². The van der Waals surface area contributed by atoms with Gasteiger partial charge in [-0.25, -0.2) is 0 Å². The zero-order chi connectivity index (χ0) is 19.8. The van der Waals surface area contributed by atoms with Gasteiger partial charge in [-0.05, 0) is 25.1 Å². The molecule has 2 amide bonds. The second-order valence-electron chi connectivity index (χ2n) is 6.49. The third-order valence-electron chi connectivity index (χ3n) is 4.38. The predicted octanol–water partition coefficient (Wildman–Crippen LogP) is 1.86. The summed E-state index contributed by atoms with van der Waals surface area (Å²) in [4.78, 5) is 25.7. The SMILES string of the molecule is CCOC[C@H](O)CNC(=O)c1cc(Cl)ccc1OC1CCN(C(C)=O)CC1. The number of benzene rings is 1. The summed E-state index contributed by atoms with van der Waals surface area (Å²) in [6.07, 6.45) is 0.553. The van der Waals surface area contributed by atoms with Crippen molar-refractivity contribution in [3.63, 3.8) is 0 Å². The van der Waals surface area contributed by atoms with E-state index in [1.54, 1.807) is 30.0 Å². The van der Waals surface area contributed by atoms with Crippen LogP contribution < -0.4 is 10.1 Å². The Morgan fingerprint density at radius 3 is 2.70 bits per heavy atom. The zero-order valence-corrected chi connectivity index (χ0v) is 16.5. The average molecular weight is 399 g/mol. The highest BCUT2D eigenvalue weighted by atomic mass is 35.5. The molecule has 0 radical (unpaired) electrons.